The summed E-state index contributed by atoms with van der Waals surface area (Å²) in [5, 5.41) is 30.0. The number of hydrogen-bond donors (Lipinski definition) is 3. The van der Waals surface area contributed by atoms with Gasteiger partial charge in [-0.2, -0.15) is 0 Å². The van der Waals surface area contributed by atoms with Crippen molar-refractivity contribution < 1.29 is 29.5 Å². The van der Waals surface area contributed by atoms with E-state index in [2.05, 4.69) is 5.32 Å². The van der Waals surface area contributed by atoms with Crippen LogP contribution in [0.3, 0.4) is 0 Å². The standard InChI is InChI=1S/C12H12N2O7/c15-10(13-9(12(18)19)6-11(16)17)5-7-2-1-3-8(4-7)14(20)21/h1-4,9H,5-6H2,(H,13,15)(H,16,17)(H,18,19)/t9-/m0/s1. The first-order valence-electron chi connectivity index (χ1n) is 5.77. The lowest BCUT2D eigenvalue weighted by Crippen LogP contribution is -2.42. The number of carboxylic acid groups (broad SMARTS) is 2. The Bertz CT molecular complexity index is 585. The number of non-ortho nitro benzene ring substituents is 1. The van der Waals surface area contributed by atoms with Crippen molar-refractivity contribution in [2.24, 2.45) is 0 Å². The number of carboxylic acids is 2. The van der Waals surface area contributed by atoms with Crippen LogP contribution in [-0.2, 0) is 20.8 Å². The second kappa shape index (κ2) is 6.98. The minimum absolute atomic E-state index is 0.194. The van der Waals surface area contributed by atoms with Gasteiger partial charge in [-0.1, -0.05) is 12.1 Å². The van der Waals surface area contributed by atoms with E-state index in [0.29, 0.717) is 5.56 Å². The van der Waals surface area contributed by atoms with Crippen LogP contribution >= 0.6 is 0 Å². The molecular formula is C12H12N2O7. The van der Waals surface area contributed by atoms with Crippen LogP contribution in [0.25, 0.3) is 0 Å². The summed E-state index contributed by atoms with van der Waals surface area (Å²) in [5.74, 6) is -3.56. The van der Waals surface area contributed by atoms with Crippen LogP contribution in [0.15, 0.2) is 24.3 Å². The summed E-state index contributed by atoms with van der Waals surface area (Å²) in [6.45, 7) is 0. The van der Waals surface area contributed by atoms with Crippen molar-refractivity contribution in [2.45, 2.75) is 18.9 Å². The molecule has 1 aromatic rings. The minimum atomic E-state index is -1.55. The maximum atomic E-state index is 11.7. The Balaban J connectivity index is 2.72. The monoisotopic (exact) mass is 296 g/mol. The number of rotatable bonds is 7. The van der Waals surface area contributed by atoms with Gasteiger partial charge in [-0.25, -0.2) is 4.79 Å². The molecule has 9 nitrogen and oxygen atoms in total. The zero-order chi connectivity index (χ0) is 16.0. The minimum Gasteiger partial charge on any atom is -0.481 e. The van der Waals surface area contributed by atoms with Gasteiger partial charge in [0.1, 0.15) is 6.04 Å². The van der Waals surface area contributed by atoms with E-state index >= 15 is 0 Å². The average molecular weight is 296 g/mol. The van der Waals surface area contributed by atoms with Crippen LogP contribution in [0.5, 0.6) is 0 Å². The third-order valence-electron chi connectivity index (χ3n) is 2.50. The molecule has 0 bridgehead atoms. The fourth-order valence-corrected chi connectivity index (χ4v) is 1.59. The maximum absolute atomic E-state index is 11.7. The highest BCUT2D eigenvalue weighted by Crippen LogP contribution is 2.13. The van der Waals surface area contributed by atoms with Crippen molar-refractivity contribution in [2.75, 3.05) is 0 Å². The molecular weight excluding hydrogens is 284 g/mol. The molecule has 9 heteroatoms. The number of amides is 1. The predicted octanol–water partition coefficient (Wildman–Crippen LogP) is 0.181. The van der Waals surface area contributed by atoms with E-state index in [1.165, 1.54) is 24.3 Å². The third kappa shape index (κ3) is 5.27. The molecule has 1 rings (SSSR count). The van der Waals surface area contributed by atoms with Gasteiger partial charge in [0, 0.05) is 12.1 Å². The first kappa shape index (κ1) is 16.1. The largest absolute Gasteiger partial charge is 0.481 e. The van der Waals surface area contributed by atoms with Gasteiger partial charge in [-0.05, 0) is 5.56 Å². The molecule has 0 saturated carbocycles. The van der Waals surface area contributed by atoms with E-state index in [9.17, 15) is 24.5 Å². The molecule has 1 amide bonds. The fraction of sp³-hybridized carbons (Fsp3) is 0.250. The van der Waals surface area contributed by atoms with Crippen molar-refractivity contribution in [3.63, 3.8) is 0 Å². The summed E-state index contributed by atoms with van der Waals surface area (Å²) < 4.78 is 0. The summed E-state index contributed by atoms with van der Waals surface area (Å²) in [6, 6.07) is 3.76. The number of nitro groups is 1. The molecule has 0 spiro atoms. The second-order valence-corrected chi connectivity index (χ2v) is 4.16. The molecule has 0 unspecified atom stereocenters. The van der Waals surface area contributed by atoms with Gasteiger partial charge in [0.15, 0.2) is 0 Å². The summed E-state index contributed by atoms with van der Waals surface area (Å²) in [4.78, 5) is 42.9. The highest BCUT2D eigenvalue weighted by atomic mass is 16.6. The fourth-order valence-electron chi connectivity index (χ4n) is 1.59. The number of carbonyl (C=O) groups excluding carboxylic acids is 1. The van der Waals surface area contributed by atoms with E-state index in [1.54, 1.807) is 0 Å². The Kier molecular flexibility index (Phi) is 5.35. The predicted molar refractivity (Wildman–Crippen MR) is 68.6 cm³/mol. The van der Waals surface area contributed by atoms with Crippen molar-refractivity contribution in [3.8, 4) is 0 Å². The smallest absolute Gasteiger partial charge is 0.326 e. The van der Waals surface area contributed by atoms with Gasteiger partial charge < -0.3 is 15.5 Å². The molecule has 112 valence electrons. The third-order valence-corrected chi connectivity index (χ3v) is 2.50. The van der Waals surface area contributed by atoms with E-state index in [-0.39, 0.29) is 12.1 Å². The highest BCUT2D eigenvalue weighted by Gasteiger charge is 2.23. The molecule has 0 aliphatic heterocycles. The van der Waals surface area contributed by atoms with Gasteiger partial charge in [0.25, 0.3) is 5.69 Å². The van der Waals surface area contributed by atoms with Crippen LogP contribution in [0, 0.1) is 10.1 Å². The van der Waals surface area contributed by atoms with Gasteiger partial charge in [-0.3, -0.25) is 19.7 Å². The van der Waals surface area contributed by atoms with Crippen molar-refractivity contribution in [1.82, 2.24) is 5.32 Å². The lowest BCUT2D eigenvalue weighted by Gasteiger charge is -2.12. The summed E-state index contributed by atoms with van der Waals surface area (Å²) in [7, 11) is 0. The molecule has 21 heavy (non-hydrogen) atoms. The molecule has 0 aliphatic rings. The van der Waals surface area contributed by atoms with E-state index in [4.69, 9.17) is 10.2 Å². The van der Waals surface area contributed by atoms with Crippen LogP contribution in [-0.4, -0.2) is 39.0 Å². The van der Waals surface area contributed by atoms with Gasteiger partial charge in [0.2, 0.25) is 5.91 Å². The quantitative estimate of drug-likeness (QED) is 0.480. The Morgan fingerprint density at radius 2 is 1.95 bits per heavy atom. The number of nitrogens with zero attached hydrogens (tertiary/aromatic N) is 1. The molecule has 0 aromatic heterocycles. The topological polar surface area (TPSA) is 147 Å². The lowest BCUT2D eigenvalue weighted by molar-refractivity contribution is -0.384. The summed E-state index contributed by atoms with van der Waals surface area (Å²) in [6.07, 6.45) is -1.04. The maximum Gasteiger partial charge on any atom is 0.326 e. The van der Waals surface area contributed by atoms with E-state index < -0.39 is 35.2 Å². The SMILES string of the molecule is O=C(O)C[C@H](NC(=O)Cc1cccc([N+](=O)[O-])c1)C(=O)O. The second-order valence-electron chi connectivity index (χ2n) is 4.16. The molecule has 1 aromatic carbocycles. The molecule has 0 aliphatic carbocycles. The summed E-state index contributed by atoms with van der Waals surface area (Å²) >= 11 is 0. The van der Waals surface area contributed by atoms with Crippen LogP contribution in [0.1, 0.15) is 12.0 Å². The molecule has 1 atom stereocenters. The summed E-state index contributed by atoms with van der Waals surface area (Å²) in [5.41, 5.74) is 0.127. The number of hydrogen-bond acceptors (Lipinski definition) is 5. The van der Waals surface area contributed by atoms with Gasteiger partial charge >= 0.3 is 11.9 Å². The Hall–Kier alpha value is -2.97. The number of nitro benzene ring substituents is 1. The number of carbonyl (C=O) groups is 3. The number of nitrogens with one attached hydrogen (secondary N) is 1. The Labute approximate surface area is 118 Å². The number of benzene rings is 1. The molecule has 0 radical (unpaired) electrons. The van der Waals surface area contributed by atoms with Crippen LogP contribution < -0.4 is 5.32 Å². The van der Waals surface area contributed by atoms with Crippen molar-refractivity contribution >= 4 is 23.5 Å². The zero-order valence-corrected chi connectivity index (χ0v) is 10.7. The highest BCUT2D eigenvalue weighted by molar-refractivity contribution is 5.87. The lowest BCUT2D eigenvalue weighted by atomic mass is 10.1. The van der Waals surface area contributed by atoms with E-state index in [0.717, 1.165) is 0 Å². The van der Waals surface area contributed by atoms with Crippen LogP contribution in [0.4, 0.5) is 5.69 Å². The Morgan fingerprint density at radius 1 is 1.29 bits per heavy atom. The first-order valence-corrected chi connectivity index (χ1v) is 5.77. The average Bonchev–Trinajstić information content (AvgIpc) is 2.37. The molecule has 0 fully saturated rings. The Morgan fingerprint density at radius 3 is 2.48 bits per heavy atom. The molecule has 0 saturated heterocycles. The molecule has 0 heterocycles. The van der Waals surface area contributed by atoms with E-state index in [1.807, 2.05) is 0 Å². The zero-order valence-electron chi connectivity index (χ0n) is 10.7. The van der Waals surface area contributed by atoms with Crippen molar-refractivity contribution in [1.29, 1.82) is 0 Å². The first-order chi connectivity index (χ1) is 9.79. The molecule has 3 N–H and O–H groups in total. The van der Waals surface area contributed by atoms with Crippen molar-refractivity contribution in [3.05, 3.63) is 39.9 Å². The normalized spacial score (nSPS) is 11.4. The van der Waals surface area contributed by atoms with Gasteiger partial charge in [-0.15, -0.1) is 0 Å². The van der Waals surface area contributed by atoms with Gasteiger partial charge in [0.05, 0.1) is 17.8 Å². The number of aliphatic carboxylic acids is 2. The van der Waals surface area contributed by atoms with Crippen LogP contribution in [0.2, 0.25) is 0 Å².